The van der Waals surface area contributed by atoms with Crippen molar-refractivity contribution in [1.82, 2.24) is 4.90 Å². The van der Waals surface area contributed by atoms with Crippen LogP contribution < -0.4 is 5.46 Å². The van der Waals surface area contributed by atoms with Crippen LogP contribution in [0.5, 0.6) is 0 Å². The third-order valence-electron chi connectivity index (χ3n) is 3.38. The zero-order valence-electron chi connectivity index (χ0n) is 10.4. The normalized spacial score (nSPS) is 15.6. The van der Waals surface area contributed by atoms with E-state index in [1.807, 2.05) is 11.0 Å². The standard InChI is InChI=1S/C13H18BNO3/c16-13(15-8-4-1-5-9-15)10-11-6-2-3-7-12(11)14(17)18/h2-3,6-7,17-18H,1,4-5,8-10H2. The Morgan fingerprint density at radius 3 is 2.50 bits per heavy atom. The maximum absolute atomic E-state index is 12.1. The lowest BCUT2D eigenvalue weighted by atomic mass is 9.76. The van der Waals surface area contributed by atoms with Crippen molar-refractivity contribution in [2.24, 2.45) is 0 Å². The van der Waals surface area contributed by atoms with E-state index >= 15 is 0 Å². The third-order valence-corrected chi connectivity index (χ3v) is 3.38. The van der Waals surface area contributed by atoms with Gasteiger partial charge in [0.1, 0.15) is 0 Å². The second-order valence-corrected chi connectivity index (χ2v) is 4.69. The number of carbonyl (C=O) groups is 1. The van der Waals surface area contributed by atoms with Crippen LogP contribution in [0.4, 0.5) is 0 Å². The van der Waals surface area contributed by atoms with Crippen LogP contribution in [0.3, 0.4) is 0 Å². The molecule has 2 N–H and O–H groups in total. The Morgan fingerprint density at radius 1 is 1.17 bits per heavy atom. The van der Waals surface area contributed by atoms with E-state index in [2.05, 4.69) is 0 Å². The molecule has 1 heterocycles. The fourth-order valence-corrected chi connectivity index (χ4v) is 2.37. The Morgan fingerprint density at radius 2 is 1.83 bits per heavy atom. The summed E-state index contributed by atoms with van der Waals surface area (Å²) in [5, 5.41) is 18.5. The van der Waals surface area contributed by atoms with Crippen molar-refractivity contribution in [3.8, 4) is 0 Å². The van der Waals surface area contributed by atoms with E-state index in [0.717, 1.165) is 25.9 Å². The molecule has 5 heteroatoms. The van der Waals surface area contributed by atoms with Crippen molar-refractivity contribution in [2.45, 2.75) is 25.7 Å². The minimum absolute atomic E-state index is 0.0720. The van der Waals surface area contributed by atoms with E-state index in [9.17, 15) is 14.8 Å². The topological polar surface area (TPSA) is 60.8 Å². The van der Waals surface area contributed by atoms with Crippen LogP contribution in [0.2, 0.25) is 0 Å². The van der Waals surface area contributed by atoms with Crippen LogP contribution in [0.1, 0.15) is 24.8 Å². The smallest absolute Gasteiger partial charge is 0.423 e. The number of amides is 1. The maximum Gasteiger partial charge on any atom is 0.488 e. The fraction of sp³-hybridized carbons (Fsp3) is 0.462. The van der Waals surface area contributed by atoms with Crippen molar-refractivity contribution in [3.63, 3.8) is 0 Å². The molecule has 1 saturated heterocycles. The summed E-state index contributed by atoms with van der Waals surface area (Å²) >= 11 is 0. The number of carbonyl (C=O) groups excluding carboxylic acids is 1. The van der Waals surface area contributed by atoms with Gasteiger partial charge in [-0.25, -0.2) is 0 Å². The zero-order chi connectivity index (χ0) is 13.0. The van der Waals surface area contributed by atoms with Gasteiger partial charge in [0, 0.05) is 13.1 Å². The van der Waals surface area contributed by atoms with Crippen LogP contribution in [0, 0.1) is 0 Å². The van der Waals surface area contributed by atoms with Crippen LogP contribution >= 0.6 is 0 Å². The molecule has 1 aromatic rings. The summed E-state index contributed by atoms with van der Waals surface area (Å²) in [4.78, 5) is 14.0. The Hall–Kier alpha value is -1.33. The number of benzene rings is 1. The lowest BCUT2D eigenvalue weighted by Crippen LogP contribution is -2.39. The number of hydrogen-bond acceptors (Lipinski definition) is 3. The summed E-state index contributed by atoms with van der Waals surface area (Å²) in [5.74, 6) is 0.0720. The number of piperidine rings is 1. The molecule has 1 fully saturated rings. The van der Waals surface area contributed by atoms with E-state index in [1.54, 1.807) is 18.2 Å². The Balaban J connectivity index is 2.06. The highest BCUT2D eigenvalue weighted by atomic mass is 16.4. The van der Waals surface area contributed by atoms with Gasteiger partial charge in [0.05, 0.1) is 6.42 Å². The lowest BCUT2D eigenvalue weighted by molar-refractivity contribution is -0.131. The molecular weight excluding hydrogens is 229 g/mol. The summed E-state index contributed by atoms with van der Waals surface area (Å²) < 4.78 is 0. The molecule has 1 aromatic carbocycles. The van der Waals surface area contributed by atoms with Crippen LogP contribution in [0.15, 0.2) is 24.3 Å². The molecule has 1 amide bonds. The first kappa shape index (κ1) is 13.1. The molecule has 4 nitrogen and oxygen atoms in total. The number of likely N-dealkylation sites (tertiary alicyclic amines) is 1. The maximum atomic E-state index is 12.1. The van der Waals surface area contributed by atoms with Gasteiger partial charge in [0.15, 0.2) is 0 Å². The fourth-order valence-electron chi connectivity index (χ4n) is 2.37. The summed E-state index contributed by atoms with van der Waals surface area (Å²) in [6.07, 6.45) is 3.57. The van der Waals surface area contributed by atoms with Gasteiger partial charge in [-0.15, -0.1) is 0 Å². The second-order valence-electron chi connectivity index (χ2n) is 4.69. The highest BCUT2D eigenvalue weighted by molar-refractivity contribution is 6.59. The first-order valence-electron chi connectivity index (χ1n) is 6.40. The zero-order valence-corrected chi connectivity index (χ0v) is 10.4. The summed E-state index contributed by atoms with van der Waals surface area (Å²) in [6, 6.07) is 6.97. The summed E-state index contributed by atoms with van der Waals surface area (Å²) in [5.41, 5.74) is 1.12. The van der Waals surface area contributed by atoms with E-state index in [1.165, 1.54) is 6.42 Å². The van der Waals surface area contributed by atoms with Crippen LogP contribution in [-0.4, -0.2) is 41.1 Å². The van der Waals surface area contributed by atoms with Crippen molar-refractivity contribution in [2.75, 3.05) is 13.1 Å². The molecule has 0 aliphatic carbocycles. The molecule has 96 valence electrons. The van der Waals surface area contributed by atoms with Gasteiger partial charge in [0.2, 0.25) is 5.91 Å². The monoisotopic (exact) mass is 247 g/mol. The molecule has 0 atom stereocenters. The minimum Gasteiger partial charge on any atom is -0.423 e. The first-order valence-corrected chi connectivity index (χ1v) is 6.40. The van der Waals surface area contributed by atoms with Gasteiger partial charge in [0.25, 0.3) is 0 Å². The van der Waals surface area contributed by atoms with Crippen molar-refractivity contribution in [1.29, 1.82) is 0 Å². The molecular formula is C13H18BNO3. The Labute approximate surface area is 107 Å². The molecule has 2 rings (SSSR count). The second kappa shape index (κ2) is 6.02. The SMILES string of the molecule is O=C(Cc1ccccc1B(O)O)N1CCCCC1. The molecule has 0 saturated carbocycles. The largest absolute Gasteiger partial charge is 0.488 e. The van der Waals surface area contributed by atoms with Crippen molar-refractivity contribution < 1.29 is 14.8 Å². The quantitative estimate of drug-likeness (QED) is 0.734. The van der Waals surface area contributed by atoms with Gasteiger partial charge < -0.3 is 14.9 Å². The first-order chi connectivity index (χ1) is 8.68. The minimum atomic E-state index is -1.52. The average molecular weight is 247 g/mol. The number of rotatable bonds is 3. The molecule has 0 aromatic heterocycles. The van der Waals surface area contributed by atoms with Gasteiger partial charge in [-0.2, -0.15) is 0 Å². The predicted octanol–water partition coefficient (Wildman–Crippen LogP) is -0.0786. The van der Waals surface area contributed by atoms with E-state index in [-0.39, 0.29) is 12.3 Å². The van der Waals surface area contributed by atoms with Gasteiger partial charge in [-0.3, -0.25) is 4.79 Å². The highest BCUT2D eigenvalue weighted by Gasteiger charge is 2.20. The van der Waals surface area contributed by atoms with E-state index in [4.69, 9.17) is 0 Å². The van der Waals surface area contributed by atoms with Gasteiger partial charge in [-0.1, -0.05) is 24.3 Å². The third kappa shape index (κ3) is 3.12. The lowest BCUT2D eigenvalue weighted by Gasteiger charge is -2.27. The Bertz CT molecular complexity index is 416. The molecule has 1 aliphatic rings. The van der Waals surface area contributed by atoms with Gasteiger partial charge >= 0.3 is 7.12 Å². The van der Waals surface area contributed by atoms with E-state index < -0.39 is 7.12 Å². The van der Waals surface area contributed by atoms with Crippen molar-refractivity contribution >= 4 is 18.5 Å². The average Bonchev–Trinajstić information content (AvgIpc) is 2.40. The van der Waals surface area contributed by atoms with Crippen LogP contribution in [-0.2, 0) is 11.2 Å². The molecule has 0 bridgehead atoms. The highest BCUT2D eigenvalue weighted by Crippen LogP contribution is 2.10. The predicted molar refractivity (Wildman–Crippen MR) is 70.4 cm³/mol. The number of hydrogen-bond donors (Lipinski definition) is 2. The van der Waals surface area contributed by atoms with E-state index in [0.29, 0.717) is 11.0 Å². The summed E-state index contributed by atoms with van der Waals surface area (Å²) in [7, 11) is -1.52. The van der Waals surface area contributed by atoms with Gasteiger partial charge in [-0.05, 0) is 30.3 Å². The summed E-state index contributed by atoms with van der Waals surface area (Å²) in [6.45, 7) is 1.64. The molecule has 0 spiro atoms. The Kier molecular flexibility index (Phi) is 4.39. The molecule has 0 unspecified atom stereocenters. The van der Waals surface area contributed by atoms with Crippen molar-refractivity contribution in [3.05, 3.63) is 29.8 Å². The molecule has 0 radical (unpaired) electrons. The molecule has 1 aliphatic heterocycles. The number of nitrogens with zero attached hydrogens (tertiary/aromatic N) is 1. The van der Waals surface area contributed by atoms with Crippen LogP contribution in [0.25, 0.3) is 0 Å². The molecule has 18 heavy (non-hydrogen) atoms.